The van der Waals surface area contributed by atoms with E-state index in [9.17, 15) is 0 Å². The molecule has 2 heteroatoms. The van der Waals surface area contributed by atoms with E-state index in [0.29, 0.717) is 0 Å². The van der Waals surface area contributed by atoms with E-state index in [2.05, 4.69) is 0 Å². The number of allylic oxidation sites excluding steroid dienone is 4. The molecule has 1 aliphatic carbocycles. The Morgan fingerprint density at radius 2 is 1.00 bits per heavy atom. The molecule has 0 amide bonds. The van der Waals surface area contributed by atoms with Gasteiger partial charge in [0.1, 0.15) is 0 Å². The van der Waals surface area contributed by atoms with Crippen LogP contribution in [0.3, 0.4) is 0 Å². The van der Waals surface area contributed by atoms with E-state index < -0.39 is 0 Å². The quantitative estimate of drug-likeness (QED) is 0.375. The molecule has 0 spiro atoms. The van der Waals surface area contributed by atoms with Gasteiger partial charge in [-0.1, -0.05) is 24.3 Å². The van der Waals surface area contributed by atoms with Crippen LogP contribution in [0.4, 0.5) is 0 Å². The molecule has 33 valence electrons. The van der Waals surface area contributed by atoms with Crippen molar-refractivity contribution >= 4 is 46.1 Å². The second-order valence-electron chi connectivity index (χ2n) is 0.962. The highest BCUT2D eigenvalue weighted by Gasteiger charge is 1.72. The fourth-order valence-electron chi connectivity index (χ4n) is 0.321. The lowest BCUT2D eigenvalue weighted by molar-refractivity contribution is 1.87. The Labute approximate surface area is 76.4 Å². The molecule has 0 aromatic heterocycles. The van der Waals surface area contributed by atoms with Crippen molar-refractivity contribution in [3.8, 4) is 0 Å². The van der Waals surface area contributed by atoms with Crippen LogP contribution in [0.1, 0.15) is 0 Å². The van der Waals surface area contributed by atoms with E-state index >= 15 is 0 Å². The minimum Gasteiger partial charge on any atom is -0.0767 e. The number of hydrogen-bond donors (Lipinski definition) is 0. The zero-order valence-corrected chi connectivity index (χ0v) is 2.89. The maximum Gasteiger partial charge on any atom is 0.316 e. The minimum atomic E-state index is 0. The summed E-state index contributed by atoms with van der Waals surface area (Å²) in [6, 6.07) is 0. The van der Waals surface area contributed by atoms with Gasteiger partial charge in [0.05, 0.1) is 0 Å². The van der Waals surface area contributed by atoms with E-state index in [1.807, 2.05) is 30.7 Å². The van der Waals surface area contributed by atoms with E-state index in [4.69, 9.17) is 0 Å². The maximum atomic E-state index is 2.00. The van der Waals surface area contributed by atoms with Crippen molar-refractivity contribution in [3.05, 3.63) is 30.7 Å². The first-order chi connectivity index (χ1) is 2.50. The summed E-state index contributed by atoms with van der Waals surface area (Å²) in [6.07, 6.45) is 10.0. The summed E-state index contributed by atoms with van der Waals surface area (Å²) in [5.41, 5.74) is 0. The van der Waals surface area contributed by atoms with Gasteiger partial charge >= 0.3 is 46.1 Å². The summed E-state index contributed by atoms with van der Waals surface area (Å²) < 4.78 is 0. The predicted molar refractivity (Wildman–Crippen MR) is 39.7 cm³/mol. The average Bonchev–Trinajstić information content (AvgIpc) is 1.76. The van der Waals surface area contributed by atoms with Crippen molar-refractivity contribution in [2.24, 2.45) is 0 Å². The standard InChI is InChI=1S/C5H5.2Mg.4H/c1-2-4-5-3-1;;;;;;/h1-5H;;;;;;. The molecule has 0 N–H and O–H groups in total. The summed E-state index contributed by atoms with van der Waals surface area (Å²) in [6.45, 7) is 0. The molecule has 0 aliphatic heterocycles. The van der Waals surface area contributed by atoms with Crippen LogP contribution in [-0.4, -0.2) is 46.1 Å². The fraction of sp³-hybridized carbons (Fsp3) is 0. The molecule has 0 aromatic carbocycles. The van der Waals surface area contributed by atoms with Crippen molar-refractivity contribution < 1.29 is 0 Å². The zero-order valence-electron chi connectivity index (χ0n) is 2.89. The average molecular weight is 118 g/mol. The molecule has 1 aliphatic rings. The van der Waals surface area contributed by atoms with Crippen LogP contribution in [0.5, 0.6) is 0 Å². The number of rotatable bonds is 0. The SMILES string of the molecule is [CH]1C=CC=C1.[MgH2].[MgH2]. The predicted octanol–water partition coefficient (Wildman–Crippen LogP) is -0.516. The van der Waals surface area contributed by atoms with Crippen LogP contribution in [-0.2, 0) is 0 Å². The third kappa shape index (κ3) is 4.87. The van der Waals surface area contributed by atoms with Crippen molar-refractivity contribution in [1.82, 2.24) is 0 Å². The smallest absolute Gasteiger partial charge is 0.0767 e. The summed E-state index contributed by atoms with van der Waals surface area (Å²) in [5.74, 6) is 0. The third-order valence-electron chi connectivity index (χ3n) is 0.556. The van der Waals surface area contributed by atoms with Crippen LogP contribution in [0, 0.1) is 6.42 Å². The van der Waals surface area contributed by atoms with Gasteiger partial charge in [-0.2, -0.15) is 0 Å². The van der Waals surface area contributed by atoms with Crippen molar-refractivity contribution in [2.75, 3.05) is 0 Å². The molecule has 0 aromatic rings. The van der Waals surface area contributed by atoms with E-state index in [-0.39, 0.29) is 46.1 Å². The molecule has 0 nitrogen and oxygen atoms in total. The third-order valence-corrected chi connectivity index (χ3v) is 0.556. The van der Waals surface area contributed by atoms with Crippen LogP contribution < -0.4 is 0 Å². The first-order valence-corrected chi connectivity index (χ1v) is 1.67. The lowest BCUT2D eigenvalue weighted by Gasteiger charge is -1.56. The molecule has 0 heterocycles. The summed E-state index contributed by atoms with van der Waals surface area (Å²) in [7, 11) is 0. The summed E-state index contributed by atoms with van der Waals surface area (Å²) >= 11 is 0. The van der Waals surface area contributed by atoms with Crippen LogP contribution in [0.2, 0.25) is 0 Å². The molecular formula is C5H9Mg2. The summed E-state index contributed by atoms with van der Waals surface area (Å²) in [5, 5.41) is 0. The van der Waals surface area contributed by atoms with Crippen molar-refractivity contribution in [1.29, 1.82) is 0 Å². The molecule has 0 saturated heterocycles. The first-order valence-electron chi connectivity index (χ1n) is 1.67. The minimum absolute atomic E-state index is 0. The lowest BCUT2D eigenvalue weighted by Crippen LogP contribution is -1.39. The van der Waals surface area contributed by atoms with Gasteiger partial charge in [-0.15, -0.1) is 0 Å². The Bertz CT molecular complexity index is 64.1. The van der Waals surface area contributed by atoms with Crippen LogP contribution >= 0.6 is 0 Å². The van der Waals surface area contributed by atoms with Crippen molar-refractivity contribution in [2.45, 2.75) is 0 Å². The largest absolute Gasteiger partial charge is 0.316 e. The lowest BCUT2D eigenvalue weighted by atomic mass is 10.5. The molecule has 0 bridgehead atoms. The van der Waals surface area contributed by atoms with Gasteiger partial charge < -0.3 is 0 Å². The molecule has 1 radical (unpaired) electrons. The second kappa shape index (κ2) is 7.01. The first kappa shape index (κ1) is 10.9. The van der Waals surface area contributed by atoms with Gasteiger partial charge in [0, 0.05) is 6.42 Å². The normalized spacial score (nSPS) is 12.6. The number of hydrogen-bond acceptors (Lipinski definition) is 0. The molecule has 1 rings (SSSR count). The second-order valence-corrected chi connectivity index (χ2v) is 0.962. The zero-order chi connectivity index (χ0) is 3.54. The van der Waals surface area contributed by atoms with Gasteiger partial charge in [0.15, 0.2) is 0 Å². The van der Waals surface area contributed by atoms with Gasteiger partial charge in [0.25, 0.3) is 0 Å². The Morgan fingerprint density at radius 1 is 0.571 bits per heavy atom. The molecule has 0 unspecified atom stereocenters. The van der Waals surface area contributed by atoms with Crippen LogP contribution in [0.25, 0.3) is 0 Å². The molecule has 0 atom stereocenters. The van der Waals surface area contributed by atoms with Crippen LogP contribution in [0.15, 0.2) is 24.3 Å². The maximum absolute atomic E-state index is 2.00. The Balaban J connectivity index is 0. The fourth-order valence-corrected chi connectivity index (χ4v) is 0.321. The van der Waals surface area contributed by atoms with E-state index in [1.54, 1.807) is 0 Å². The molecule has 0 saturated carbocycles. The van der Waals surface area contributed by atoms with E-state index in [0.717, 1.165) is 0 Å². The van der Waals surface area contributed by atoms with Gasteiger partial charge in [-0.05, 0) is 0 Å². The highest BCUT2D eigenvalue weighted by atomic mass is 24.3. The molecular weight excluding hydrogens is 109 g/mol. The topological polar surface area (TPSA) is 0 Å². The monoisotopic (exact) mass is 117 g/mol. The molecule has 0 fully saturated rings. The van der Waals surface area contributed by atoms with E-state index in [1.165, 1.54) is 0 Å². The van der Waals surface area contributed by atoms with Gasteiger partial charge in [-0.25, -0.2) is 0 Å². The molecule has 7 heavy (non-hydrogen) atoms. The highest BCUT2D eigenvalue weighted by molar-refractivity contribution is 5.76. The summed E-state index contributed by atoms with van der Waals surface area (Å²) in [4.78, 5) is 0. The van der Waals surface area contributed by atoms with Crippen molar-refractivity contribution in [3.63, 3.8) is 0 Å². The van der Waals surface area contributed by atoms with Gasteiger partial charge in [-0.3, -0.25) is 0 Å². The van der Waals surface area contributed by atoms with Gasteiger partial charge in [0.2, 0.25) is 0 Å². The Hall–Kier alpha value is 1.01. The Morgan fingerprint density at radius 3 is 1.14 bits per heavy atom. The Kier molecular flexibility index (Phi) is 10.9. The highest BCUT2D eigenvalue weighted by Crippen LogP contribution is 1.91.